The Morgan fingerprint density at radius 1 is 1.17 bits per heavy atom. The van der Waals surface area contributed by atoms with Crippen LogP contribution in [0.5, 0.6) is 11.5 Å². The number of ether oxygens (including phenoxy) is 2. The van der Waals surface area contributed by atoms with Gasteiger partial charge in [-0.05, 0) is 55.0 Å². The highest BCUT2D eigenvalue weighted by Gasteiger charge is 2.06. The van der Waals surface area contributed by atoms with Crippen LogP contribution in [0.3, 0.4) is 0 Å². The van der Waals surface area contributed by atoms with Crippen molar-refractivity contribution in [1.82, 2.24) is 16.2 Å². The molecule has 3 N–H and O–H groups in total. The van der Waals surface area contributed by atoms with E-state index in [-0.39, 0.29) is 11.7 Å². The summed E-state index contributed by atoms with van der Waals surface area (Å²) < 4.78 is 10.6. The lowest BCUT2D eigenvalue weighted by molar-refractivity contribution is -0.123. The lowest BCUT2D eigenvalue weighted by atomic mass is 10.2. The number of hydrazine groups is 1. The third kappa shape index (κ3) is 7.44. The van der Waals surface area contributed by atoms with Gasteiger partial charge in [-0.15, -0.1) is 0 Å². The van der Waals surface area contributed by atoms with Crippen molar-refractivity contribution in [3.8, 4) is 11.5 Å². The van der Waals surface area contributed by atoms with Crippen molar-refractivity contribution >= 4 is 46.8 Å². The van der Waals surface area contributed by atoms with Gasteiger partial charge in [-0.2, -0.15) is 0 Å². The minimum atomic E-state index is -0.473. The lowest BCUT2D eigenvalue weighted by Crippen LogP contribution is -2.49. The third-order valence-corrected chi connectivity index (χ3v) is 4.23. The molecule has 0 aliphatic rings. The van der Waals surface area contributed by atoms with Crippen molar-refractivity contribution in [2.45, 2.75) is 6.92 Å². The van der Waals surface area contributed by atoms with Crippen LogP contribution in [0.2, 0.25) is 5.02 Å². The number of thiocarbonyl (C=S) groups is 1. The van der Waals surface area contributed by atoms with Crippen LogP contribution in [0.25, 0.3) is 6.08 Å². The molecule has 7 nitrogen and oxygen atoms in total. The van der Waals surface area contributed by atoms with Gasteiger partial charge in [0.15, 0.2) is 11.7 Å². The number of carbonyl (C=O) groups is 2. The summed E-state index contributed by atoms with van der Waals surface area (Å²) in [5, 5.41) is 2.97. The molecule has 0 heterocycles. The van der Waals surface area contributed by atoms with Crippen LogP contribution in [0.1, 0.15) is 11.1 Å². The topological polar surface area (TPSA) is 88.7 Å². The van der Waals surface area contributed by atoms with Crippen LogP contribution in [0, 0.1) is 6.92 Å². The molecule has 0 aliphatic heterocycles. The van der Waals surface area contributed by atoms with E-state index >= 15 is 0 Å². The highest BCUT2D eigenvalue weighted by Crippen LogP contribution is 2.21. The summed E-state index contributed by atoms with van der Waals surface area (Å²) in [6, 6.07) is 12.3. The Morgan fingerprint density at radius 3 is 2.66 bits per heavy atom. The van der Waals surface area contributed by atoms with Crippen LogP contribution in [-0.2, 0) is 9.59 Å². The Hall–Kier alpha value is -3.10. The van der Waals surface area contributed by atoms with Gasteiger partial charge in [-0.3, -0.25) is 25.8 Å². The second-order valence-electron chi connectivity index (χ2n) is 5.77. The van der Waals surface area contributed by atoms with Crippen LogP contribution >= 0.6 is 23.8 Å². The molecule has 0 unspecified atom stereocenters. The molecule has 2 aromatic rings. The number of hydrogen-bond acceptors (Lipinski definition) is 5. The first-order chi connectivity index (χ1) is 13.9. The lowest BCUT2D eigenvalue weighted by Gasteiger charge is -2.11. The van der Waals surface area contributed by atoms with Gasteiger partial charge >= 0.3 is 0 Å². The molecule has 0 aromatic heterocycles. The third-order valence-electron chi connectivity index (χ3n) is 3.60. The molecule has 0 fully saturated rings. The predicted octanol–water partition coefficient (Wildman–Crippen LogP) is 2.77. The van der Waals surface area contributed by atoms with Crippen molar-refractivity contribution in [2.24, 2.45) is 0 Å². The molecule has 2 aromatic carbocycles. The zero-order chi connectivity index (χ0) is 21.2. The molecule has 0 saturated heterocycles. The van der Waals surface area contributed by atoms with E-state index in [2.05, 4.69) is 16.2 Å². The van der Waals surface area contributed by atoms with E-state index in [0.29, 0.717) is 16.5 Å². The fraction of sp³-hybridized carbons (Fsp3) is 0.150. The number of halogens is 1. The fourth-order valence-electron chi connectivity index (χ4n) is 2.17. The van der Waals surface area contributed by atoms with Gasteiger partial charge in [0.2, 0.25) is 5.91 Å². The predicted molar refractivity (Wildman–Crippen MR) is 116 cm³/mol. The van der Waals surface area contributed by atoms with Gasteiger partial charge in [0.25, 0.3) is 5.91 Å². The monoisotopic (exact) mass is 433 g/mol. The number of amides is 2. The summed E-state index contributed by atoms with van der Waals surface area (Å²) in [7, 11) is 1.55. The summed E-state index contributed by atoms with van der Waals surface area (Å²) in [6.45, 7) is 1.60. The minimum Gasteiger partial charge on any atom is -0.496 e. The number of methoxy groups -OCH3 is 1. The molecule has 9 heteroatoms. The van der Waals surface area contributed by atoms with E-state index in [1.807, 2.05) is 25.1 Å². The molecule has 29 heavy (non-hydrogen) atoms. The number of aryl methyl sites for hydroxylation is 1. The number of para-hydroxylation sites is 1. The first-order valence-corrected chi connectivity index (χ1v) is 9.27. The molecule has 0 radical (unpaired) electrons. The van der Waals surface area contributed by atoms with Gasteiger partial charge in [0.1, 0.15) is 11.5 Å². The Kier molecular flexibility index (Phi) is 8.45. The maximum atomic E-state index is 11.9. The quantitative estimate of drug-likeness (QED) is 0.369. The van der Waals surface area contributed by atoms with E-state index in [1.165, 1.54) is 6.08 Å². The molecular formula is C20H20ClN3O4S. The van der Waals surface area contributed by atoms with Crippen molar-refractivity contribution in [3.05, 3.63) is 64.7 Å². The van der Waals surface area contributed by atoms with E-state index < -0.39 is 11.8 Å². The molecule has 0 spiro atoms. The highest BCUT2D eigenvalue weighted by molar-refractivity contribution is 7.80. The minimum absolute atomic E-state index is 0.0598. The van der Waals surface area contributed by atoms with Crippen LogP contribution in [0.4, 0.5) is 0 Å². The molecule has 0 aliphatic carbocycles. The number of rotatable bonds is 6. The van der Waals surface area contributed by atoms with Crippen molar-refractivity contribution in [1.29, 1.82) is 0 Å². The molecular weight excluding hydrogens is 414 g/mol. The van der Waals surface area contributed by atoms with Crippen molar-refractivity contribution < 1.29 is 19.1 Å². The number of hydrogen-bond donors (Lipinski definition) is 3. The fourth-order valence-corrected chi connectivity index (χ4v) is 2.44. The molecule has 0 saturated carbocycles. The molecule has 152 valence electrons. The Bertz CT molecular complexity index is 934. The van der Waals surface area contributed by atoms with Crippen LogP contribution in [-0.4, -0.2) is 30.6 Å². The molecule has 2 rings (SSSR count). The smallest absolute Gasteiger partial charge is 0.276 e. The Morgan fingerprint density at radius 2 is 1.93 bits per heavy atom. The van der Waals surface area contributed by atoms with Gasteiger partial charge < -0.3 is 9.47 Å². The van der Waals surface area contributed by atoms with E-state index in [0.717, 1.165) is 11.1 Å². The Labute approximate surface area is 179 Å². The largest absolute Gasteiger partial charge is 0.496 e. The first-order valence-electron chi connectivity index (χ1n) is 8.49. The van der Waals surface area contributed by atoms with Crippen molar-refractivity contribution in [3.63, 3.8) is 0 Å². The van der Waals surface area contributed by atoms with E-state index in [1.54, 1.807) is 37.5 Å². The normalized spacial score (nSPS) is 10.3. The maximum absolute atomic E-state index is 11.9. The molecule has 0 atom stereocenters. The van der Waals surface area contributed by atoms with Gasteiger partial charge in [0.05, 0.1) is 7.11 Å². The van der Waals surface area contributed by atoms with E-state index in [4.69, 9.17) is 33.3 Å². The number of nitrogens with one attached hydrogen (secondary N) is 3. The standard InChI is InChI=1S/C20H20ClN3O4S/c1-13-11-15(8-9-16(13)21)28-12-19(26)23-24-20(29)22-18(25)10-7-14-5-3-4-6-17(14)27-2/h3-11H,12H2,1-2H3,(H,23,26)(H2,22,24,25,29)/b10-7-. The van der Waals surface area contributed by atoms with Gasteiger partial charge in [0, 0.05) is 16.7 Å². The second-order valence-corrected chi connectivity index (χ2v) is 6.58. The van der Waals surface area contributed by atoms with Gasteiger partial charge in [-0.25, -0.2) is 0 Å². The Balaban J connectivity index is 1.74. The van der Waals surface area contributed by atoms with E-state index in [9.17, 15) is 9.59 Å². The maximum Gasteiger partial charge on any atom is 0.276 e. The van der Waals surface area contributed by atoms with Crippen LogP contribution in [0.15, 0.2) is 48.5 Å². The van der Waals surface area contributed by atoms with Gasteiger partial charge in [-0.1, -0.05) is 29.8 Å². The number of benzene rings is 2. The average Bonchev–Trinajstić information content (AvgIpc) is 2.71. The highest BCUT2D eigenvalue weighted by atomic mass is 35.5. The summed E-state index contributed by atoms with van der Waals surface area (Å²) >= 11 is 10.9. The zero-order valence-electron chi connectivity index (χ0n) is 15.8. The molecule has 2 amide bonds. The summed E-state index contributed by atoms with van der Waals surface area (Å²) in [5.41, 5.74) is 6.35. The average molecular weight is 434 g/mol. The first kappa shape index (κ1) is 22.2. The number of carbonyl (C=O) groups excluding carboxylic acids is 2. The summed E-state index contributed by atoms with van der Waals surface area (Å²) in [5.74, 6) is 0.217. The molecule has 0 bridgehead atoms. The van der Waals surface area contributed by atoms with Crippen molar-refractivity contribution in [2.75, 3.05) is 13.7 Å². The second kappa shape index (κ2) is 11.0. The summed E-state index contributed by atoms with van der Waals surface area (Å²) in [4.78, 5) is 23.7. The SMILES string of the molecule is COc1ccccc1/C=C\C(=O)NC(=S)NNC(=O)COc1ccc(Cl)c(C)c1. The van der Waals surface area contributed by atoms with Crippen LogP contribution < -0.4 is 25.6 Å². The summed E-state index contributed by atoms with van der Waals surface area (Å²) in [6.07, 6.45) is 2.90. The zero-order valence-corrected chi connectivity index (χ0v) is 17.4.